The van der Waals surface area contributed by atoms with Crippen LogP contribution in [-0.4, -0.2) is 97.6 Å². The number of piperidine rings is 1. The number of ether oxygens (including phenoxy) is 1. The maximum absolute atomic E-state index is 13.1. The first-order chi connectivity index (χ1) is 15.2. The van der Waals surface area contributed by atoms with E-state index in [0.29, 0.717) is 48.5 Å². The number of hydrogen-bond acceptors (Lipinski definition) is 7. The second-order valence-corrected chi connectivity index (χ2v) is 10.9. The Bertz CT molecular complexity index is 678. The van der Waals surface area contributed by atoms with E-state index in [2.05, 4.69) is 26.2 Å². The minimum absolute atomic E-state index is 0.0530. The minimum atomic E-state index is -0.0530. The highest BCUT2D eigenvalue weighted by molar-refractivity contribution is 5.82. The number of hydrogen-bond donors (Lipinski definition) is 4. The predicted molar refractivity (Wildman–Crippen MR) is 118 cm³/mol. The van der Waals surface area contributed by atoms with Crippen molar-refractivity contribution in [3.8, 4) is 0 Å². The van der Waals surface area contributed by atoms with Gasteiger partial charge in [-0.3, -0.25) is 25.6 Å². The van der Waals surface area contributed by atoms with Gasteiger partial charge in [0, 0.05) is 50.3 Å². The molecule has 6 unspecified atom stereocenters. The van der Waals surface area contributed by atoms with Crippen molar-refractivity contribution in [3.63, 3.8) is 0 Å². The number of amides is 1. The molecule has 0 spiro atoms. The fourth-order valence-electron chi connectivity index (χ4n) is 7.56. The zero-order valence-corrected chi connectivity index (χ0v) is 18.9. The summed E-state index contributed by atoms with van der Waals surface area (Å²) in [4.78, 5) is 17.8. The molecule has 6 rings (SSSR count). The molecule has 5 heterocycles. The van der Waals surface area contributed by atoms with Crippen LogP contribution in [0.3, 0.4) is 0 Å². The lowest BCUT2D eigenvalue weighted by Crippen LogP contribution is -2.62. The van der Waals surface area contributed by atoms with Gasteiger partial charge in [0.2, 0.25) is 5.91 Å². The third kappa shape index (κ3) is 3.83. The molecule has 0 aromatic heterocycles. The lowest BCUT2D eigenvalue weighted by atomic mass is 9.74. The van der Waals surface area contributed by atoms with Crippen molar-refractivity contribution in [1.29, 1.82) is 0 Å². The van der Waals surface area contributed by atoms with Crippen LogP contribution in [0.1, 0.15) is 51.4 Å². The van der Waals surface area contributed by atoms with Crippen LogP contribution in [0.15, 0.2) is 0 Å². The molecule has 8 heteroatoms. The molecule has 9 atom stereocenters. The molecule has 31 heavy (non-hydrogen) atoms. The van der Waals surface area contributed by atoms with Crippen molar-refractivity contribution in [3.05, 3.63) is 0 Å². The van der Waals surface area contributed by atoms with Crippen LogP contribution in [0.4, 0.5) is 0 Å². The van der Waals surface area contributed by atoms with Crippen molar-refractivity contribution in [2.75, 3.05) is 33.4 Å². The Balaban J connectivity index is 1.30. The summed E-state index contributed by atoms with van der Waals surface area (Å²) in [5, 5.41) is 15.3. The number of nitrogens with one attached hydrogen (secondary N) is 4. The van der Waals surface area contributed by atoms with Crippen molar-refractivity contribution in [1.82, 2.24) is 31.1 Å². The molecule has 174 valence electrons. The fourth-order valence-corrected chi connectivity index (χ4v) is 7.56. The maximum Gasteiger partial charge on any atom is 0.239 e. The van der Waals surface area contributed by atoms with E-state index in [0.717, 1.165) is 39.1 Å². The summed E-state index contributed by atoms with van der Waals surface area (Å²) in [6, 6.07) is 2.47. The molecule has 5 aliphatic heterocycles. The van der Waals surface area contributed by atoms with Gasteiger partial charge < -0.3 is 15.0 Å². The van der Waals surface area contributed by atoms with E-state index < -0.39 is 0 Å². The second-order valence-electron chi connectivity index (χ2n) is 10.9. The van der Waals surface area contributed by atoms with Crippen LogP contribution >= 0.6 is 0 Å². The summed E-state index contributed by atoms with van der Waals surface area (Å²) in [5.41, 5.74) is 0. The summed E-state index contributed by atoms with van der Waals surface area (Å²) in [7, 11) is 1.98. The van der Waals surface area contributed by atoms with E-state index in [1.165, 1.54) is 38.5 Å². The SMILES string of the molecule is CN1CC[C@@H]2COCC3NC4CCCC(C5CCCC(N5)N[C@@H]5CN[C@@H](C5)C1=O)C4N32. The van der Waals surface area contributed by atoms with Crippen molar-refractivity contribution in [2.45, 2.75) is 99.9 Å². The van der Waals surface area contributed by atoms with Gasteiger partial charge in [-0.05, 0) is 50.9 Å². The van der Waals surface area contributed by atoms with Gasteiger partial charge >= 0.3 is 0 Å². The van der Waals surface area contributed by atoms with Crippen LogP contribution in [0, 0.1) is 5.92 Å². The van der Waals surface area contributed by atoms with E-state index in [4.69, 9.17) is 4.74 Å². The monoisotopic (exact) mass is 432 g/mol. The number of fused-ring (bicyclic) bond motifs is 5. The highest BCUT2D eigenvalue weighted by Crippen LogP contribution is 2.40. The van der Waals surface area contributed by atoms with E-state index in [1.54, 1.807) is 0 Å². The fraction of sp³-hybridized carbons (Fsp3) is 0.957. The van der Waals surface area contributed by atoms with Crippen molar-refractivity contribution in [2.24, 2.45) is 5.92 Å². The summed E-state index contributed by atoms with van der Waals surface area (Å²) in [6.45, 7) is 3.28. The molecule has 4 bridgehead atoms. The number of carbonyl (C=O) groups is 1. The average molecular weight is 433 g/mol. The van der Waals surface area contributed by atoms with Gasteiger partial charge in [0.1, 0.15) is 0 Å². The van der Waals surface area contributed by atoms with Crippen molar-refractivity contribution < 1.29 is 9.53 Å². The third-order valence-corrected chi connectivity index (χ3v) is 9.00. The van der Waals surface area contributed by atoms with Crippen LogP contribution in [0.25, 0.3) is 0 Å². The highest BCUT2D eigenvalue weighted by Gasteiger charge is 2.52. The first kappa shape index (κ1) is 20.8. The Hall–Kier alpha value is -0.770. The molecular weight excluding hydrogens is 392 g/mol. The van der Waals surface area contributed by atoms with Gasteiger partial charge in [-0.2, -0.15) is 0 Å². The lowest BCUT2D eigenvalue weighted by molar-refractivity contribution is -0.132. The molecule has 0 radical (unpaired) electrons. The smallest absolute Gasteiger partial charge is 0.239 e. The summed E-state index contributed by atoms with van der Waals surface area (Å²) >= 11 is 0. The third-order valence-electron chi connectivity index (χ3n) is 9.00. The van der Waals surface area contributed by atoms with E-state index in [1.807, 2.05) is 11.9 Å². The Morgan fingerprint density at radius 2 is 1.84 bits per heavy atom. The molecule has 0 aromatic carbocycles. The molecule has 1 aliphatic carbocycles. The van der Waals surface area contributed by atoms with Gasteiger partial charge in [0.25, 0.3) is 0 Å². The van der Waals surface area contributed by atoms with Gasteiger partial charge in [0.15, 0.2) is 0 Å². The Morgan fingerprint density at radius 1 is 0.968 bits per heavy atom. The molecule has 0 aromatic rings. The Kier molecular flexibility index (Phi) is 5.73. The largest absolute Gasteiger partial charge is 0.377 e. The highest BCUT2D eigenvalue weighted by atomic mass is 16.5. The zero-order chi connectivity index (χ0) is 20.9. The van der Waals surface area contributed by atoms with E-state index in [-0.39, 0.29) is 11.9 Å². The van der Waals surface area contributed by atoms with Gasteiger partial charge in [-0.25, -0.2) is 0 Å². The molecule has 5 saturated heterocycles. The average Bonchev–Trinajstić information content (AvgIpc) is 3.41. The normalized spacial score (nSPS) is 48.7. The number of nitrogens with zero attached hydrogens (tertiary/aromatic N) is 2. The molecule has 1 amide bonds. The Labute approximate surface area is 186 Å². The number of rotatable bonds is 0. The molecule has 4 N–H and O–H groups in total. The van der Waals surface area contributed by atoms with Crippen molar-refractivity contribution >= 4 is 5.91 Å². The Morgan fingerprint density at radius 3 is 2.77 bits per heavy atom. The lowest BCUT2D eigenvalue weighted by Gasteiger charge is -2.48. The first-order valence-corrected chi connectivity index (χ1v) is 12.8. The minimum Gasteiger partial charge on any atom is -0.377 e. The molecule has 1 saturated carbocycles. The standard InChI is InChI=1S/C23H40N6O2/c1-28-9-8-15-12-31-13-21-27-18-6-2-4-16(22(18)29(15)21)17-5-3-7-20(26-17)25-14-10-19(23(28)30)24-11-14/h14-22,24-27H,2-13H2,1H3/t14-,15+,16?,17?,18?,19-,20?,21?,22?/m0/s1. The molecule has 6 fully saturated rings. The summed E-state index contributed by atoms with van der Waals surface area (Å²) in [6.07, 6.45) is 10.3. The van der Waals surface area contributed by atoms with Gasteiger partial charge in [0.05, 0.1) is 31.6 Å². The number of carbonyl (C=O) groups excluding carboxylic acids is 1. The van der Waals surface area contributed by atoms with E-state index >= 15 is 0 Å². The summed E-state index contributed by atoms with van der Waals surface area (Å²) < 4.78 is 6.05. The van der Waals surface area contributed by atoms with Gasteiger partial charge in [-0.1, -0.05) is 6.42 Å². The topological polar surface area (TPSA) is 80.9 Å². The van der Waals surface area contributed by atoms with E-state index in [9.17, 15) is 4.79 Å². The van der Waals surface area contributed by atoms with Crippen LogP contribution in [-0.2, 0) is 9.53 Å². The number of morpholine rings is 1. The number of likely N-dealkylation sites (N-methyl/N-ethyl adjacent to an activating group) is 1. The molecule has 6 aliphatic rings. The van der Waals surface area contributed by atoms with Crippen LogP contribution in [0.5, 0.6) is 0 Å². The molecular formula is C23H40N6O2. The molecule has 8 nitrogen and oxygen atoms in total. The zero-order valence-electron chi connectivity index (χ0n) is 18.9. The maximum atomic E-state index is 13.1. The van der Waals surface area contributed by atoms with Gasteiger partial charge in [-0.15, -0.1) is 0 Å². The van der Waals surface area contributed by atoms with Crippen LogP contribution in [0.2, 0.25) is 0 Å². The quantitative estimate of drug-likeness (QED) is 0.422. The first-order valence-electron chi connectivity index (χ1n) is 12.8. The second kappa shape index (κ2) is 8.54. The summed E-state index contributed by atoms with van der Waals surface area (Å²) in [5.74, 6) is 0.940. The van der Waals surface area contributed by atoms with Crippen LogP contribution < -0.4 is 21.3 Å². The predicted octanol–water partition coefficient (Wildman–Crippen LogP) is -0.196.